The molecule has 17 heteroatoms. The van der Waals surface area contributed by atoms with E-state index < -0.39 is 24.0 Å². The quantitative estimate of drug-likeness (QED) is 0.204. The van der Waals surface area contributed by atoms with Gasteiger partial charge in [-0.3, -0.25) is 14.6 Å². The zero-order valence-electron chi connectivity index (χ0n) is 27.4. The van der Waals surface area contributed by atoms with Crippen LogP contribution in [0.1, 0.15) is 42.4 Å². The average molecular weight is 735 g/mol. The van der Waals surface area contributed by atoms with E-state index >= 15 is 0 Å². The molecule has 0 saturated carbocycles. The fraction of sp³-hybridized carbons (Fsp3) is 0.333. The van der Waals surface area contributed by atoms with Gasteiger partial charge < -0.3 is 30.6 Å². The number of carboxylic acids is 2. The Bertz CT molecular complexity index is 1890. The van der Waals surface area contributed by atoms with Crippen molar-refractivity contribution in [1.82, 2.24) is 9.88 Å². The molecule has 1 saturated heterocycles. The Balaban J connectivity index is 0.000000727. The number of amides is 2. The van der Waals surface area contributed by atoms with E-state index in [4.69, 9.17) is 26.5 Å². The predicted octanol–water partition coefficient (Wildman–Crippen LogP) is 6.21. The van der Waals surface area contributed by atoms with Crippen LogP contribution in [-0.4, -0.2) is 88.4 Å². The van der Waals surface area contributed by atoms with E-state index in [1.165, 1.54) is 11.8 Å². The number of alkyl halides is 3. The maximum absolute atomic E-state index is 12.9. The second-order valence-electron chi connectivity index (χ2n) is 11.6. The Morgan fingerprint density at radius 2 is 1.74 bits per heavy atom. The number of thioether (sulfide) groups is 1. The number of benzene rings is 2. The van der Waals surface area contributed by atoms with Crippen LogP contribution >= 0.6 is 23.4 Å². The number of nitrogens with one attached hydrogen (secondary N) is 2. The van der Waals surface area contributed by atoms with Crippen LogP contribution in [-0.2, 0) is 20.8 Å². The number of hydrogen-bond acceptors (Lipinski definition) is 9. The number of pyridine rings is 1. The van der Waals surface area contributed by atoms with Crippen LogP contribution in [0.15, 0.2) is 46.3 Å². The SMILES string of the molecule is CCc1nc2ccc(C=C3SC(Nc4cc(NC(=O)C(C)C)ccc4Cl)=NC3=O)cc2c(N2CCN(C)CC2)c1C(=O)O.O=C(O)C(F)(F)F. The van der Waals surface area contributed by atoms with Gasteiger partial charge in [-0.05, 0) is 67.2 Å². The molecular weight excluding hydrogens is 701 g/mol. The number of anilines is 3. The van der Waals surface area contributed by atoms with Crippen LogP contribution in [0.5, 0.6) is 0 Å². The van der Waals surface area contributed by atoms with Crippen molar-refractivity contribution >= 4 is 86.3 Å². The Morgan fingerprint density at radius 1 is 1.08 bits per heavy atom. The van der Waals surface area contributed by atoms with Gasteiger partial charge >= 0.3 is 18.1 Å². The zero-order valence-corrected chi connectivity index (χ0v) is 29.0. The monoisotopic (exact) mass is 734 g/mol. The summed E-state index contributed by atoms with van der Waals surface area (Å²) in [6, 6.07) is 10.7. The summed E-state index contributed by atoms with van der Waals surface area (Å²) in [4.78, 5) is 60.0. The largest absolute Gasteiger partial charge is 0.490 e. The third-order valence-electron chi connectivity index (χ3n) is 7.59. The molecule has 4 N–H and O–H groups in total. The van der Waals surface area contributed by atoms with Gasteiger partial charge in [0.25, 0.3) is 5.91 Å². The van der Waals surface area contributed by atoms with Gasteiger partial charge in [0, 0.05) is 43.2 Å². The predicted molar refractivity (Wildman–Crippen MR) is 188 cm³/mol. The number of carboxylic acid groups (broad SMARTS) is 2. The highest BCUT2D eigenvalue weighted by Gasteiger charge is 2.38. The number of amidine groups is 1. The number of rotatable bonds is 7. The molecule has 1 fully saturated rings. The van der Waals surface area contributed by atoms with Gasteiger partial charge in [0.1, 0.15) is 5.56 Å². The van der Waals surface area contributed by atoms with E-state index in [1.54, 1.807) is 38.1 Å². The molecule has 3 heterocycles. The minimum absolute atomic E-state index is 0.121. The summed E-state index contributed by atoms with van der Waals surface area (Å²) < 4.78 is 31.7. The molecule has 50 heavy (non-hydrogen) atoms. The third kappa shape index (κ3) is 9.31. The van der Waals surface area contributed by atoms with Crippen LogP contribution < -0.4 is 15.5 Å². The summed E-state index contributed by atoms with van der Waals surface area (Å²) in [6.07, 6.45) is -2.84. The topological polar surface area (TPSA) is 165 Å². The van der Waals surface area contributed by atoms with Crippen molar-refractivity contribution in [3.05, 3.63) is 63.1 Å². The van der Waals surface area contributed by atoms with Crippen molar-refractivity contribution in [2.75, 3.05) is 48.8 Å². The molecule has 2 amide bonds. The lowest BCUT2D eigenvalue weighted by molar-refractivity contribution is -0.192. The lowest BCUT2D eigenvalue weighted by atomic mass is 10.0. The highest BCUT2D eigenvalue weighted by atomic mass is 35.5. The van der Waals surface area contributed by atoms with E-state index in [0.29, 0.717) is 62.9 Å². The first-order valence-electron chi connectivity index (χ1n) is 15.3. The molecule has 0 radical (unpaired) electrons. The number of hydrogen-bond donors (Lipinski definition) is 4. The van der Waals surface area contributed by atoms with Gasteiger partial charge in [0.05, 0.1) is 32.5 Å². The fourth-order valence-corrected chi connectivity index (χ4v) is 5.95. The second kappa shape index (κ2) is 15.9. The maximum atomic E-state index is 12.9. The molecule has 0 aliphatic carbocycles. The second-order valence-corrected chi connectivity index (χ2v) is 13.0. The fourth-order valence-electron chi connectivity index (χ4n) is 4.96. The molecule has 0 atom stereocenters. The molecule has 2 aliphatic heterocycles. The number of aromatic nitrogens is 1. The number of aliphatic imine (C=N–C) groups is 1. The standard InChI is InChI=1S/C31H33ClN6O4S.C2HF3O2/c1-5-22-26(30(41)42)27(38-12-10-37(4)11-13-38)20-14-18(6-9-23(20)34-22)15-25-29(40)36-31(43-25)35-24-16-19(7-8-21(24)32)33-28(39)17(2)3;3-2(4,5)1(6)7/h6-9,14-17H,5,10-13H2,1-4H3,(H,33,39)(H,41,42)(H,35,36,40);(H,6,7). The smallest absolute Gasteiger partial charge is 0.478 e. The molecule has 0 bridgehead atoms. The summed E-state index contributed by atoms with van der Waals surface area (Å²) >= 11 is 7.55. The first kappa shape index (κ1) is 38.1. The first-order valence-corrected chi connectivity index (χ1v) is 16.5. The van der Waals surface area contributed by atoms with E-state index in [9.17, 15) is 32.7 Å². The number of carbonyl (C=O) groups is 4. The number of aromatic carboxylic acids is 1. The third-order valence-corrected chi connectivity index (χ3v) is 8.81. The minimum atomic E-state index is -5.08. The van der Waals surface area contributed by atoms with Crippen molar-refractivity contribution < 1.29 is 42.6 Å². The number of likely N-dealkylation sites (N-methyl/N-ethyl adjacent to an activating group) is 1. The van der Waals surface area contributed by atoms with Crippen molar-refractivity contribution in [1.29, 1.82) is 0 Å². The number of piperazine rings is 1. The summed E-state index contributed by atoms with van der Waals surface area (Å²) in [5.74, 6) is -4.46. The number of carbonyl (C=O) groups excluding carboxylic acids is 2. The molecule has 2 aliphatic rings. The lowest BCUT2D eigenvalue weighted by Gasteiger charge is -2.35. The van der Waals surface area contributed by atoms with Crippen LogP contribution in [0.4, 0.5) is 30.2 Å². The van der Waals surface area contributed by atoms with Gasteiger partial charge in [0.2, 0.25) is 5.91 Å². The van der Waals surface area contributed by atoms with Crippen LogP contribution in [0.2, 0.25) is 5.02 Å². The molecule has 2 aromatic carbocycles. The van der Waals surface area contributed by atoms with E-state index in [2.05, 4.69) is 32.5 Å². The summed E-state index contributed by atoms with van der Waals surface area (Å²) in [5, 5.41) is 24.8. The lowest BCUT2D eigenvalue weighted by Crippen LogP contribution is -2.45. The molecule has 0 unspecified atom stereocenters. The summed E-state index contributed by atoms with van der Waals surface area (Å²) in [6.45, 7) is 8.57. The molecule has 5 rings (SSSR count). The van der Waals surface area contributed by atoms with Crippen LogP contribution in [0, 0.1) is 5.92 Å². The normalized spacial score (nSPS) is 15.9. The van der Waals surface area contributed by atoms with Gasteiger partial charge in [-0.25, -0.2) is 9.59 Å². The Labute approximate surface area is 294 Å². The van der Waals surface area contributed by atoms with Crippen LogP contribution in [0.25, 0.3) is 17.0 Å². The molecule has 0 spiro atoms. The van der Waals surface area contributed by atoms with E-state index in [0.717, 1.165) is 24.0 Å². The number of fused-ring (bicyclic) bond motifs is 1. The van der Waals surface area contributed by atoms with Crippen molar-refractivity contribution in [3.8, 4) is 0 Å². The molecule has 12 nitrogen and oxygen atoms in total. The molecule has 3 aromatic rings. The molecule has 266 valence electrons. The maximum Gasteiger partial charge on any atom is 0.490 e. The Kier molecular flexibility index (Phi) is 12.1. The number of aliphatic carboxylic acids is 1. The number of aryl methyl sites for hydroxylation is 1. The summed E-state index contributed by atoms with van der Waals surface area (Å²) in [7, 11) is 2.05. The minimum Gasteiger partial charge on any atom is -0.478 e. The van der Waals surface area contributed by atoms with Gasteiger partial charge in [-0.1, -0.05) is 38.4 Å². The van der Waals surface area contributed by atoms with Gasteiger partial charge in [-0.15, -0.1) is 0 Å². The molecule has 1 aromatic heterocycles. The van der Waals surface area contributed by atoms with Crippen molar-refractivity contribution in [2.24, 2.45) is 10.9 Å². The Hall–Kier alpha value is -4.67. The van der Waals surface area contributed by atoms with E-state index in [-0.39, 0.29) is 17.4 Å². The highest BCUT2D eigenvalue weighted by molar-refractivity contribution is 8.18. The average Bonchev–Trinajstić information content (AvgIpc) is 3.39. The van der Waals surface area contributed by atoms with Crippen molar-refractivity contribution in [2.45, 2.75) is 33.4 Å². The van der Waals surface area contributed by atoms with E-state index in [1.807, 2.05) is 25.1 Å². The first-order chi connectivity index (χ1) is 23.5. The zero-order chi connectivity index (χ0) is 36.9. The highest BCUT2D eigenvalue weighted by Crippen LogP contribution is 2.36. The number of nitrogens with zero attached hydrogens (tertiary/aromatic N) is 4. The van der Waals surface area contributed by atoms with Crippen LogP contribution in [0.3, 0.4) is 0 Å². The molecular formula is C33H34ClF3N6O6S. The summed E-state index contributed by atoms with van der Waals surface area (Å²) in [5.41, 5.74) is 3.97. The van der Waals surface area contributed by atoms with Gasteiger partial charge in [-0.2, -0.15) is 18.2 Å². The van der Waals surface area contributed by atoms with Crippen molar-refractivity contribution in [3.63, 3.8) is 0 Å². The number of halogens is 4. The Morgan fingerprint density at radius 3 is 2.32 bits per heavy atom. The van der Waals surface area contributed by atoms with Gasteiger partial charge in [0.15, 0.2) is 5.17 Å².